The Labute approximate surface area is 157 Å². The molecule has 2 aromatic heterocycles. The Morgan fingerprint density at radius 3 is 2.62 bits per heavy atom. The summed E-state index contributed by atoms with van der Waals surface area (Å²) in [6.07, 6.45) is 5.74. The van der Waals surface area contributed by atoms with Gasteiger partial charge in [-0.3, -0.25) is 9.47 Å². The maximum absolute atomic E-state index is 12.8. The molecule has 1 fully saturated rings. The molecule has 1 aliphatic rings. The number of halogens is 1. The molecule has 1 aliphatic heterocycles. The number of hydrogen-bond acceptors (Lipinski definition) is 4. The molecule has 0 amide bonds. The number of pyridine rings is 1. The van der Waals surface area contributed by atoms with Crippen LogP contribution in [0.5, 0.6) is 0 Å². The number of ketones is 1. The highest BCUT2D eigenvalue weighted by molar-refractivity contribution is 6.29. The Bertz CT molecular complexity index is 956. The van der Waals surface area contributed by atoms with Gasteiger partial charge in [-0.05, 0) is 74.8 Å². The third-order valence-corrected chi connectivity index (χ3v) is 5.50. The molecule has 3 heterocycles. The number of benzene rings is 1. The number of hydrogen-bond donors (Lipinski definition) is 1. The summed E-state index contributed by atoms with van der Waals surface area (Å²) >= 11 is 5.82. The van der Waals surface area contributed by atoms with Crippen LogP contribution in [0.3, 0.4) is 0 Å². The van der Waals surface area contributed by atoms with Crippen LogP contribution in [0.25, 0.3) is 10.9 Å². The second kappa shape index (κ2) is 6.74. The number of likely N-dealkylation sites (tertiary alicyclic amines) is 1. The van der Waals surface area contributed by atoms with E-state index in [9.17, 15) is 4.79 Å². The minimum absolute atomic E-state index is 0.0600. The largest absolute Gasteiger partial charge is 0.339 e. The predicted molar refractivity (Wildman–Crippen MR) is 104 cm³/mol. The smallest absolute Gasteiger partial charge is 0.194 e. The molecule has 1 aromatic carbocycles. The highest BCUT2D eigenvalue weighted by atomic mass is 35.5. The van der Waals surface area contributed by atoms with Gasteiger partial charge >= 0.3 is 0 Å². The zero-order valence-electron chi connectivity index (χ0n) is 14.7. The first kappa shape index (κ1) is 17.1. The lowest BCUT2D eigenvalue weighted by molar-refractivity contribution is 0.103. The van der Waals surface area contributed by atoms with Crippen LogP contribution in [-0.4, -0.2) is 40.5 Å². The molecule has 134 valence electrons. The maximum atomic E-state index is 12.8. The number of carbonyl (C=O) groups excluding carboxylic acids is 1. The highest BCUT2D eigenvalue weighted by Crippen LogP contribution is 2.34. The summed E-state index contributed by atoms with van der Waals surface area (Å²) in [5, 5.41) is 1.44. The van der Waals surface area contributed by atoms with Crippen LogP contribution in [0.4, 0.5) is 0 Å². The van der Waals surface area contributed by atoms with Crippen LogP contribution in [0.15, 0.2) is 42.7 Å². The lowest BCUT2D eigenvalue weighted by Crippen LogP contribution is -2.29. The number of nitrogens with zero attached hydrogens (tertiary/aromatic N) is 3. The van der Waals surface area contributed by atoms with E-state index in [4.69, 9.17) is 17.4 Å². The van der Waals surface area contributed by atoms with Crippen molar-refractivity contribution in [2.45, 2.75) is 18.8 Å². The maximum Gasteiger partial charge on any atom is 0.194 e. The van der Waals surface area contributed by atoms with E-state index < -0.39 is 0 Å². The summed E-state index contributed by atoms with van der Waals surface area (Å²) in [7, 11) is 2.15. The van der Waals surface area contributed by atoms with Gasteiger partial charge in [0.2, 0.25) is 0 Å². The molecule has 6 heteroatoms. The van der Waals surface area contributed by atoms with Crippen molar-refractivity contribution in [2.75, 3.05) is 26.0 Å². The minimum Gasteiger partial charge on any atom is -0.339 e. The van der Waals surface area contributed by atoms with Gasteiger partial charge in [0.25, 0.3) is 0 Å². The summed E-state index contributed by atoms with van der Waals surface area (Å²) in [6.45, 7) is 2.16. The van der Waals surface area contributed by atoms with Gasteiger partial charge in [-0.2, -0.15) is 0 Å². The van der Waals surface area contributed by atoms with Crippen LogP contribution in [0.1, 0.15) is 40.2 Å². The molecule has 0 bridgehead atoms. The summed E-state index contributed by atoms with van der Waals surface area (Å²) < 4.78 is 1.67. The van der Waals surface area contributed by atoms with E-state index in [1.54, 1.807) is 16.8 Å². The lowest BCUT2D eigenvalue weighted by Gasteiger charge is -2.28. The lowest BCUT2D eigenvalue weighted by atomic mass is 9.89. The molecule has 0 saturated carbocycles. The monoisotopic (exact) mass is 368 g/mol. The van der Waals surface area contributed by atoms with Gasteiger partial charge in [0.1, 0.15) is 5.15 Å². The van der Waals surface area contributed by atoms with Crippen LogP contribution in [-0.2, 0) is 0 Å². The number of aromatic nitrogens is 2. The Balaban J connectivity index is 1.73. The Kier molecular flexibility index (Phi) is 4.42. The van der Waals surface area contributed by atoms with E-state index in [2.05, 4.69) is 16.9 Å². The number of piperidine rings is 1. The molecule has 0 unspecified atom stereocenters. The molecule has 4 rings (SSSR count). The second-order valence-electron chi connectivity index (χ2n) is 7.00. The van der Waals surface area contributed by atoms with Crippen molar-refractivity contribution in [3.63, 3.8) is 0 Å². The summed E-state index contributed by atoms with van der Waals surface area (Å²) in [5.74, 6) is 6.57. The average Bonchev–Trinajstić information content (AvgIpc) is 2.98. The molecule has 5 nitrogen and oxygen atoms in total. The van der Waals surface area contributed by atoms with E-state index in [-0.39, 0.29) is 5.78 Å². The van der Waals surface area contributed by atoms with Gasteiger partial charge < -0.3 is 10.7 Å². The Hall–Kier alpha value is -2.37. The van der Waals surface area contributed by atoms with Crippen molar-refractivity contribution in [3.8, 4) is 0 Å². The Morgan fingerprint density at radius 2 is 1.92 bits per heavy atom. The number of nitrogens with two attached hydrogens (primary N) is 1. The van der Waals surface area contributed by atoms with Gasteiger partial charge in [-0.1, -0.05) is 11.6 Å². The van der Waals surface area contributed by atoms with Gasteiger partial charge in [-0.25, -0.2) is 4.98 Å². The van der Waals surface area contributed by atoms with Crippen molar-refractivity contribution in [3.05, 3.63) is 64.6 Å². The van der Waals surface area contributed by atoms with Gasteiger partial charge in [0, 0.05) is 28.9 Å². The van der Waals surface area contributed by atoms with Crippen molar-refractivity contribution in [2.24, 2.45) is 0 Å². The summed E-state index contributed by atoms with van der Waals surface area (Å²) in [6, 6.07) is 9.04. The quantitative estimate of drug-likeness (QED) is 0.437. The number of carbonyl (C=O) groups is 1. The van der Waals surface area contributed by atoms with Gasteiger partial charge in [0.05, 0.1) is 5.52 Å². The third kappa shape index (κ3) is 3.08. The van der Waals surface area contributed by atoms with E-state index in [0.717, 1.165) is 36.8 Å². The first-order valence-corrected chi connectivity index (χ1v) is 9.15. The molecule has 0 radical (unpaired) electrons. The third-order valence-electron chi connectivity index (χ3n) is 5.27. The predicted octanol–water partition coefficient (Wildman–Crippen LogP) is 3.44. The fourth-order valence-electron chi connectivity index (χ4n) is 3.74. The fourth-order valence-corrected chi connectivity index (χ4v) is 3.86. The van der Waals surface area contributed by atoms with Crippen LogP contribution < -0.4 is 5.84 Å². The zero-order valence-corrected chi connectivity index (χ0v) is 15.4. The van der Waals surface area contributed by atoms with E-state index >= 15 is 0 Å². The van der Waals surface area contributed by atoms with Crippen molar-refractivity contribution in [1.29, 1.82) is 0 Å². The van der Waals surface area contributed by atoms with Crippen molar-refractivity contribution >= 4 is 28.3 Å². The van der Waals surface area contributed by atoms with Crippen molar-refractivity contribution in [1.82, 2.24) is 14.6 Å². The number of fused-ring (bicyclic) bond motifs is 1. The molecule has 0 atom stereocenters. The molecule has 3 aromatic rings. The normalized spacial score (nSPS) is 16.2. The fraction of sp³-hybridized carbons (Fsp3) is 0.300. The standard InChI is InChI=1S/C20H21ClN4O/c1-24-8-6-13(7-9-24)17-12-25(22)18-4-2-14(10-16(17)18)20(26)15-3-5-19(21)23-11-15/h2-5,10-13H,6-9,22H2,1H3. The molecular formula is C20H21ClN4O. The molecule has 0 spiro atoms. The van der Waals surface area contributed by atoms with E-state index in [1.165, 1.54) is 11.8 Å². The first-order chi connectivity index (χ1) is 12.5. The molecule has 26 heavy (non-hydrogen) atoms. The summed E-state index contributed by atoms with van der Waals surface area (Å²) in [5.41, 5.74) is 3.35. The molecular weight excluding hydrogens is 348 g/mol. The zero-order chi connectivity index (χ0) is 18.3. The van der Waals surface area contributed by atoms with Gasteiger partial charge in [-0.15, -0.1) is 0 Å². The molecule has 2 N–H and O–H groups in total. The van der Waals surface area contributed by atoms with E-state index in [0.29, 0.717) is 22.2 Å². The van der Waals surface area contributed by atoms with E-state index in [1.807, 2.05) is 24.4 Å². The second-order valence-corrected chi connectivity index (χ2v) is 7.39. The minimum atomic E-state index is -0.0600. The van der Waals surface area contributed by atoms with Crippen LogP contribution >= 0.6 is 11.6 Å². The first-order valence-electron chi connectivity index (χ1n) is 8.78. The Morgan fingerprint density at radius 1 is 1.19 bits per heavy atom. The molecule has 0 aliphatic carbocycles. The number of rotatable bonds is 3. The van der Waals surface area contributed by atoms with Crippen LogP contribution in [0, 0.1) is 0 Å². The summed E-state index contributed by atoms with van der Waals surface area (Å²) in [4.78, 5) is 19.2. The van der Waals surface area contributed by atoms with Gasteiger partial charge in [0.15, 0.2) is 5.78 Å². The number of nitrogen functional groups attached to an aromatic ring is 1. The van der Waals surface area contributed by atoms with Crippen molar-refractivity contribution < 1.29 is 4.79 Å². The SMILES string of the molecule is CN1CCC(c2cn(N)c3ccc(C(=O)c4ccc(Cl)nc4)cc23)CC1. The highest BCUT2D eigenvalue weighted by Gasteiger charge is 2.23. The average molecular weight is 369 g/mol. The topological polar surface area (TPSA) is 64.2 Å². The van der Waals surface area contributed by atoms with Crippen LogP contribution in [0.2, 0.25) is 5.15 Å². The molecule has 1 saturated heterocycles.